The fourth-order valence-electron chi connectivity index (χ4n) is 3.85. The lowest BCUT2D eigenvalue weighted by molar-refractivity contribution is -0.0267. The fourth-order valence-corrected chi connectivity index (χ4v) is 5.29. The predicted octanol–water partition coefficient (Wildman–Crippen LogP) is 5.35. The maximum absolute atomic E-state index is 13.0. The molecule has 40 heavy (non-hydrogen) atoms. The van der Waals surface area contributed by atoms with Crippen LogP contribution >= 0.6 is 0 Å². The Kier molecular flexibility index (Phi) is 9.39. The fraction of sp³-hybridized carbons (Fsp3) is 0.393. The van der Waals surface area contributed by atoms with E-state index in [1.165, 1.54) is 24.3 Å². The van der Waals surface area contributed by atoms with Gasteiger partial charge in [0.05, 0.1) is 28.3 Å². The van der Waals surface area contributed by atoms with Crippen molar-refractivity contribution in [1.82, 2.24) is 9.29 Å². The highest BCUT2D eigenvalue weighted by Crippen LogP contribution is 2.26. The number of anilines is 1. The largest absolute Gasteiger partial charge is 0.494 e. The molecular formula is C28H37N5O6S. The van der Waals surface area contributed by atoms with Gasteiger partial charge in [-0.25, -0.2) is 17.7 Å². The van der Waals surface area contributed by atoms with E-state index < -0.39 is 27.1 Å². The molecule has 0 aliphatic carbocycles. The van der Waals surface area contributed by atoms with Gasteiger partial charge in [-0.2, -0.15) is 10.2 Å². The zero-order valence-electron chi connectivity index (χ0n) is 23.6. The Balaban J connectivity index is 1.55. The highest BCUT2D eigenvalue weighted by atomic mass is 32.2. The SMILES string of the molecule is CN(C)c1ccc(N=Nc2ccc(S(=O)(=O)NC(C)(C)CCOC(C)(C)CC(=O)n3c(O)ccc3O)cc2)cc1. The third kappa shape index (κ3) is 8.38. The molecule has 0 aliphatic rings. The van der Waals surface area contributed by atoms with E-state index in [0.717, 1.165) is 10.3 Å². The topological polar surface area (TPSA) is 146 Å². The van der Waals surface area contributed by atoms with Gasteiger partial charge in [-0.1, -0.05) is 0 Å². The first kappa shape index (κ1) is 30.8. The number of azo groups is 1. The van der Waals surface area contributed by atoms with Crippen LogP contribution in [0.25, 0.3) is 0 Å². The Morgan fingerprint density at radius 2 is 1.40 bits per heavy atom. The second-order valence-electron chi connectivity index (χ2n) is 10.9. The van der Waals surface area contributed by atoms with Crippen LogP contribution in [0.15, 0.2) is 75.8 Å². The molecule has 0 atom stereocenters. The first-order valence-corrected chi connectivity index (χ1v) is 14.2. The van der Waals surface area contributed by atoms with Crippen LogP contribution in [-0.2, 0) is 14.8 Å². The molecule has 0 fully saturated rings. The zero-order chi connectivity index (χ0) is 29.7. The summed E-state index contributed by atoms with van der Waals surface area (Å²) in [5.74, 6) is -1.25. The van der Waals surface area contributed by atoms with Crippen LogP contribution in [0.1, 0.15) is 45.3 Å². The van der Waals surface area contributed by atoms with Gasteiger partial charge in [0.25, 0.3) is 0 Å². The van der Waals surface area contributed by atoms with E-state index in [9.17, 15) is 23.4 Å². The van der Waals surface area contributed by atoms with Gasteiger partial charge in [0.1, 0.15) is 0 Å². The van der Waals surface area contributed by atoms with Gasteiger partial charge >= 0.3 is 0 Å². The van der Waals surface area contributed by atoms with Crippen molar-refractivity contribution in [3.05, 3.63) is 60.7 Å². The molecule has 216 valence electrons. The summed E-state index contributed by atoms with van der Waals surface area (Å²) < 4.78 is 35.4. The molecule has 3 rings (SSSR count). The molecule has 3 N–H and O–H groups in total. The minimum atomic E-state index is -3.83. The normalized spacial score (nSPS) is 12.7. The average molecular weight is 572 g/mol. The summed E-state index contributed by atoms with van der Waals surface area (Å²) >= 11 is 0. The number of ether oxygens (including phenoxy) is 1. The van der Waals surface area contributed by atoms with Crippen LogP contribution in [0, 0.1) is 0 Å². The maximum atomic E-state index is 13.0. The minimum absolute atomic E-state index is 0.0908. The van der Waals surface area contributed by atoms with Crippen molar-refractivity contribution in [3.63, 3.8) is 0 Å². The molecule has 0 amide bonds. The van der Waals surface area contributed by atoms with Gasteiger partial charge in [-0.05, 0) is 82.6 Å². The number of aromatic nitrogens is 1. The molecule has 2 aromatic carbocycles. The van der Waals surface area contributed by atoms with E-state index in [2.05, 4.69) is 15.0 Å². The van der Waals surface area contributed by atoms with Gasteiger partial charge in [0.2, 0.25) is 27.7 Å². The lowest BCUT2D eigenvalue weighted by Gasteiger charge is -2.30. The molecule has 0 saturated carbocycles. The van der Waals surface area contributed by atoms with Crippen molar-refractivity contribution >= 4 is 33.0 Å². The van der Waals surface area contributed by atoms with Crippen molar-refractivity contribution in [3.8, 4) is 11.8 Å². The van der Waals surface area contributed by atoms with E-state index in [1.54, 1.807) is 39.8 Å². The van der Waals surface area contributed by atoms with Crippen molar-refractivity contribution in [2.24, 2.45) is 10.2 Å². The molecule has 3 aromatic rings. The van der Waals surface area contributed by atoms with Crippen LogP contribution in [0.3, 0.4) is 0 Å². The molecule has 0 aliphatic heterocycles. The first-order valence-electron chi connectivity index (χ1n) is 12.7. The summed E-state index contributed by atoms with van der Waals surface area (Å²) in [4.78, 5) is 14.6. The van der Waals surface area contributed by atoms with Gasteiger partial charge in [0, 0.05) is 44.1 Å². The van der Waals surface area contributed by atoms with Crippen LogP contribution < -0.4 is 9.62 Å². The zero-order valence-corrected chi connectivity index (χ0v) is 24.4. The lowest BCUT2D eigenvalue weighted by Crippen LogP contribution is -2.44. The van der Waals surface area contributed by atoms with Crippen LogP contribution in [0.4, 0.5) is 17.1 Å². The standard InChI is InChI=1S/C28H37N5O6S/c1-27(2,17-18-39-28(3,4)19-26(36)33-24(34)15-16-25(33)35)31-40(37,38)23-13-9-21(10-14-23)30-29-20-7-11-22(12-8-20)32(5)6/h7-16,31,34-35H,17-19H2,1-6H3. The molecule has 1 heterocycles. The Morgan fingerprint density at radius 1 is 0.900 bits per heavy atom. The molecule has 0 spiro atoms. The highest BCUT2D eigenvalue weighted by molar-refractivity contribution is 7.89. The summed E-state index contributed by atoms with van der Waals surface area (Å²) in [6, 6.07) is 16.1. The number of carbonyl (C=O) groups excluding carboxylic acids is 1. The smallest absolute Gasteiger partial charge is 0.241 e. The number of rotatable bonds is 12. The number of carbonyl (C=O) groups is 1. The Hall–Kier alpha value is -3.74. The van der Waals surface area contributed by atoms with Gasteiger partial charge in [-0.3, -0.25) is 4.79 Å². The third-order valence-electron chi connectivity index (χ3n) is 6.09. The van der Waals surface area contributed by atoms with Crippen LogP contribution in [0.2, 0.25) is 0 Å². The number of nitrogens with zero attached hydrogens (tertiary/aromatic N) is 4. The molecular weight excluding hydrogens is 534 g/mol. The second-order valence-corrected chi connectivity index (χ2v) is 12.6. The Morgan fingerprint density at radius 3 is 1.90 bits per heavy atom. The summed E-state index contributed by atoms with van der Waals surface area (Å²) in [6.45, 7) is 7.06. The lowest BCUT2D eigenvalue weighted by atomic mass is 10.0. The Bertz CT molecular complexity index is 1420. The van der Waals surface area contributed by atoms with Crippen LogP contribution in [-0.4, -0.2) is 60.9 Å². The van der Waals surface area contributed by atoms with Gasteiger partial charge in [-0.15, -0.1) is 0 Å². The number of benzene rings is 2. The number of aromatic hydroxyl groups is 2. The van der Waals surface area contributed by atoms with E-state index in [-0.39, 0.29) is 29.7 Å². The van der Waals surface area contributed by atoms with Crippen molar-refractivity contribution < 1.29 is 28.2 Å². The number of hydrogen-bond acceptors (Lipinski definition) is 9. The molecule has 12 heteroatoms. The monoisotopic (exact) mass is 571 g/mol. The molecule has 11 nitrogen and oxygen atoms in total. The van der Waals surface area contributed by atoms with Crippen molar-refractivity contribution in [2.45, 2.75) is 56.6 Å². The number of sulfonamides is 1. The van der Waals surface area contributed by atoms with Crippen molar-refractivity contribution in [1.29, 1.82) is 0 Å². The average Bonchev–Trinajstić information content (AvgIpc) is 3.19. The summed E-state index contributed by atoms with van der Waals surface area (Å²) in [6.07, 6.45) is 0.211. The second kappa shape index (κ2) is 12.2. The summed E-state index contributed by atoms with van der Waals surface area (Å²) in [7, 11) is 0.0718. The third-order valence-corrected chi connectivity index (χ3v) is 7.80. The van der Waals surface area contributed by atoms with E-state index in [0.29, 0.717) is 17.8 Å². The van der Waals surface area contributed by atoms with E-state index in [4.69, 9.17) is 4.74 Å². The Labute approximate surface area is 235 Å². The molecule has 0 unspecified atom stereocenters. The van der Waals surface area contributed by atoms with Gasteiger partial charge in [0.15, 0.2) is 0 Å². The van der Waals surface area contributed by atoms with Crippen LogP contribution in [0.5, 0.6) is 11.8 Å². The minimum Gasteiger partial charge on any atom is -0.494 e. The summed E-state index contributed by atoms with van der Waals surface area (Å²) in [5, 5.41) is 27.9. The van der Waals surface area contributed by atoms with E-state index in [1.807, 2.05) is 43.3 Å². The first-order chi connectivity index (χ1) is 18.6. The quantitative estimate of drug-likeness (QED) is 0.248. The highest BCUT2D eigenvalue weighted by Gasteiger charge is 2.29. The summed E-state index contributed by atoms with van der Waals surface area (Å²) in [5.41, 5.74) is 0.466. The van der Waals surface area contributed by atoms with Crippen molar-refractivity contribution in [2.75, 3.05) is 25.6 Å². The molecule has 0 saturated heterocycles. The number of hydrogen-bond donors (Lipinski definition) is 3. The number of nitrogens with one attached hydrogen (secondary N) is 1. The maximum Gasteiger partial charge on any atom is 0.241 e. The molecule has 0 bridgehead atoms. The molecule has 0 radical (unpaired) electrons. The molecule has 1 aromatic heterocycles. The predicted molar refractivity (Wildman–Crippen MR) is 153 cm³/mol. The van der Waals surface area contributed by atoms with Gasteiger partial charge < -0.3 is 19.8 Å². The van der Waals surface area contributed by atoms with E-state index >= 15 is 0 Å².